The molecule has 0 radical (unpaired) electrons. The monoisotopic (exact) mass is 199 g/mol. The Morgan fingerprint density at radius 2 is 1.64 bits per heavy atom. The van der Waals surface area contributed by atoms with Crippen molar-refractivity contribution in [1.82, 2.24) is 4.90 Å². The summed E-state index contributed by atoms with van der Waals surface area (Å²) in [7, 11) is 0. The maximum absolute atomic E-state index is 2.63. The van der Waals surface area contributed by atoms with Gasteiger partial charge in [-0.05, 0) is 44.7 Å². The van der Waals surface area contributed by atoms with Crippen molar-refractivity contribution in [2.45, 2.75) is 66.8 Å². The predicted molar refractivity (Wildman–Crippen MR) is 65.7 cm³/mol. The summed E-state index contributed by atoms with van der Waals surface area (Å²) >= 11 is 0. The van der Waals surface area contributed by atoms with Gasteiger partial charge in [0, 0.05) is 6.04 Å². The maximum Gasteiger partial charge on any atom is 0.00643 e. The van der Waals surface area contributed by atoms with E-state index in [1.807, 2.05) is 0 Å². The van der Waals surface area contributed by atoms with Gasteiger partial charge in [-0.1, -0.05) is 34.6 Å². The molecule has 0 aliphatic rings. The molecule has 0 N–H and O–H groups in total. The van der Waals surface area contributed by atoms with Crippen LogP contribution in [0.2, 0.25) is 0 Å². The average molecular weight is 199 g/mol. The quantitative estimate of drug-likeness (QED) is 0.626. The molecule has 0 rings (SSSR count). The van der Waals surface area contributed by atoms with Crippen molar-refractivity contribution in [3.63, 3.8) is 0 Å². The van der Waals surface area contributed by atoms with Crippen LogP contribution in [0.3, 0.4) is 0 Å². The van der Waals surface area contributed by atoms with Crippen LogP contribution in [0.1, 0.15) is 60.8 Å². The summed E-state index contributed by atoms with van der Waals surface area (Å²) in [6.07, 6.45) is 3.84. The standard InChI is InChI=1S/C13H29N/c1-7-10-14(12(3)8-2)11-9-13(4,5)6/h12H,7-11H2,1-6H3. The fraction of sp³-hybridized carbons (Fsp3) is 1.00. The van der Waals surface area contributed by atoms with Crippen LogP contribution in [0.25, 0.3) is 0 Å². The Bertz CT molecular complexity index is 135. The van der Waals surface area contributed by atoms with Crippen LogP contribution in [-0.2, 0) is 0 Å². The number of hydrogen-bond acceptors (Lipinski definition) is 1. The van der Waals surface area contributed by atoms with E-state index in [1.165, 1.54) is 32.4 Å². The summed E-state index contributed by atoms with van der Waals surface area (Å²) in [6, 6.07) is 0.747. The molecule has 0 fully saturated rings. The van der Waals surface area contributed by atoms with Crippen LogP contribution < -0.4 is 0 Å². The van der Waals surface area contributed by atoms with Crippen molar-refractivity contribution in [3.8, 4) is 0 Å². The van der Waals surface area contributed by atoms with Crippen LogP contribution in [0.15, 0.2) is 0 Å². The van der Waals surface area contributed by atoms with Crippen LogP contribution >= 0.6 is 0 Å². The number of hydrogen-bond donors (Lipinski definition) is 0. The molecule has 0 aromatic rings. The summed E-state index contributed by atoms with van der Waals surface area (Å²) in [5.41, 5.74) is 0.472. The second-order valence-electron chi connectivity index (χ2n) is 5.60. The first-order valence-corrected chi connectivity index (χ1v) is 6.14. The molecule has 0 bridgehead atoms. The van der Waals surface area contributed by atoms with E-state index in [0.717, 1.165) is 6.04 Å². The molecule has 0 aromatic heterocycles. The van der Waals surface area contributed by atoms with Crippen LogP contribution in [0.4, 0.5) is 0 Å². The third-order valence-electron chi connectivity index (χ3n) is 2.87. The van der Waals surface area contributed by atoms with Crippen molar-refractivity contribution in [3.05, 3.63) is 0 Å². The predicted octanol–water partition coefficient (Wildman–Crippen LogP) is 3.93. The van der Waals surface area contributed by atoms with Crippen molar-refractivity contribution < 1.29 is 0 Å². The fourth-order valence-electron chi connectivity index (χ4n) is 1.58. The Kier molecular flexibility index (Phi) is 6.43. The largest absolute Gasteiger partial charge is 0.301 e. The van der Waals surface area contributed by atoms with E-state index in [0.29, 0.717) is 5.41 Å². The van der Waals surface area contributed by atoms with Crippen LogP contribution in [-0.4, -0.2) is 24.0 Å². The molecule has 86 valence electrons. The lowest BCUT2D eigenvalue weighted by atomic mass is 9.92. The van der Waals surface area contributed by atoms with Gasteiger partial charge >= 0.3 is 0 Å². The third-order valence-corrected chi connectivity index (χ3v) is 2.87. The van der Waals surface area contributed by atoms with Crippen molar-refractivity contribution in [2.24, 2.45) is 5.41 Å². The molecule has 0 aliphatic heterocycles. The molecule has 0 saturated heterocycles. The van der Waals surface area contributed by atoms with Gasteiger partial charge in [-0.3, -0.25) is 0 Å². The molecule has 0 heterocycles. The highest BCUT2D eigenvalue weighted by Gasteiger charge is 2.15. The number of rotatable bonds is 6. The fourth-order valence-corrected chi connectivity index (χ4v) is 1.58. The molecule has 1 unspecified atom stereocenters. The summed E-state index contributed by atoms with van der Waals surface area (Å²) in [6.45, 7) is 16.4. The lowest BCUT2D eigenvalue weighted by Crippen LogP contribution is -2.35. The Morgan fingerprint density at radius 3 is 2.00 bits per heavy atom. The Labute approximate surface area is 90.9 Å². The van der Waals surface area contributed by atoms with E-state index in [9.17, 15) is 0 Å². The Balaban J connectivity index is 3.96. The highest BCUT2D eigenvalue weighted by atomic mass is 15.1. The van der Waals surface area contributed by atoms with Crippen molar-refractivity contribution in [2.75, 3.05) is 13.1 Å². The minimum absolute atomic E-state index is 0.472. The highest BCUT2D eigenvalue weighted by molar-refractivity contribution is 4.70. The third kappa shape index (κ3) is 6.42. The summed E-state index contributed by atoms with van der Waals surface area (Å²) in [5, 5.41) is 0. The van der Waals surface area contributed by atoms with Gasteiger partial charge in [0.15, 0.2) is 0 Å². The molecule has 1 nitrogen and oxygen atoms in total. The first-order valence-electron chi connectivity index (χ1n) is 6.14. The second kappa shape index (κ2) is 6.44. The summed E-state index contributed by atoms with van der Waals surface area (Å²) in [4.78, 5) is 2.63. The van der Waals surface area contributed by atoms with Gasteiger partial charge in [0.1, 0.15) is 0 Å². The molecule has 0 amide bonds. The maximum atomic E-state index is 2.63. The van der Waals surface area contributed by atoms with E-state index in [4.69, 9.17) is 0 Å². The topological polar surface area (TPSA) is 3.24 Å². The smallest absolute Gasteiger partial charge is 0.00643 e. The van der Waals surface area contributed by atoms with E-state index in [2.05, 4.69) is 46.4 Å². The van der Waals surface area contributed by atoms with Crippen LogP contribution in [0.5, 0.6) is 0 Å². The molecule has 1 atom stereocenters. The molecule has 14 heavy (non-hydrogen) atoms. The molecule has 0 saturated carbocycles. The van der Waals surface area contributed by atoms with Gasteiger partial charge < -0.3 is 4.90 Å². The van der Waals surface area contributed by atoms with Crippen molar-refractivity contribution >= 4 is 0 Å². The van der Waals surface area contributed by atoms with Crippen LogP contribution in [0, 0.1) is 5.41 Å². The van der Waals surface area contributed by atoms with Gasteiger partial charge in [-0.25, -0.2) is 0 Å². The van der Waals surface area contributed by atoms with Gasteiger partial charge in [0.25, 0.3) is 0 Å². The second-order valence-corrected chi connectivity index (χ2v) is 5.60. The zero-order chi connectivity index (χ0) is 11.2. The molecule has 0 aromatic carbocycles. The number of nitrogens with zero attached hydrogens (tertiary/aromatic N) is 1. The normalized spacial score (nSPS) is 14.8. The highest BCUT2D eigenvalue weighted by Crippen LogP contribution is 2.20. The summed E-state index contributed by atoms with van der Waals surface area (Å²) < 4.78 is 0. The van der Waals surface area contributed by atoms with E-state index >= 15 is 0 Å². The zero-order valence-electron chi connectivity index (χ0n) is 11.1. The first kappa shape index (κ1) is 14.0. The Morgan fingerprint density at radius 1 is 1.07 bits per heavy atom. The van der Waals surface area contributed by atoms with Gasteiger partial charge in [-0.15, -0.1) is 0 Å². The molecular weight excluding hydrogens is 170 g/mol. The lowest BCUT2D eigenvalue weighted by Gasteiger charge is -2.31. The minimum atomic E-state index is 0.472. The SMILES string of the molecule is CCCN(CCC(C)(C)C)C(C)CC. The molecular formula is C13H29N. The van der Waals surface area contributed by atoms with Crippen molar-refractivity contribution in [1.29, 1.82) is 0 Å². The zero-order valence-corrected chi connectivity index (χ0v) is 11.1. The minimum Gasteiger partial charge on any atom is -0.301 e. The summed E-state index contributed by atoms with van der Waals surface area (Å²) in [5.74, 6) is 0. The van der Waals surface area contributed by atoms with E-state index < -0.39 is 0 Å². The molecule has 1 heteroatoms. The van der Waals surface area contributed by atoms with Gasteiger partial charge in [0.2, 0.25) is 0 Å². The van der Waals surface area contributed by atoms with E-state index in [-0.39, 0.29) is 0 Å². The molecule has 0 aliphatic carbocycles. The lowest BCUT2D eigenvalue weighted by molar-refractivity contribution is 0.175. The van der Waals surface area contributed by atoms with Gasteiger partial charge in [0.05, 0.1) is 0 Å². The van der Waals surface area contributed by atoms with Gasteiger partial charge in [-0.2, -0.15) is 0 Å². The first-order chi connectivity index (χ1) is 6.40. The van der Waals surface area contributed by atoms with E-state index in [1.54, 1.807) is 0 Å². The Hall–Kier alpha value is -0.0400. The average Bonchev–Trinajstić information content (AvgIpc) is 2.09. The molecule has 0 spiro atoms.